The molecule has 0 fully saturated rings. The van der Waals surface area contributed by atoms with Crippen molar-refractivity contribution in [3.63, 3.8) is 0 Å². The lowest BCUT2D eigenvalue weighted by molar-refractivity contribution is -0.120. The van der Waals surface area contributed by atoms with Gasteiger partial charge in [0, 0.05) is 18.3 Å². The number of amides is 3. The molecule has 0 spiro atoms. The summed E-state index contributed by atoms with van der Waals surface area (Å²) in [6.07, 6.45) is 0. The maximum Gasteiger partial charge on any atom is 0.282 e. The molecule has 3 amide bonds. The fraction of sp³-hybridized carbons (Fsp3) is 0.0800. The van der Waals surface area contributed by atoms with Crippen LogP contribution in [-0.2, 0) is 14.4 Å². The first kappa shape index (κ1) is 21.0. The molecule has 4 rings (SSSR count). The number of nitrogens with one attached hydrogen (secondary N) is 2. The Morgan fingerprint density at radius 3 is 2.00 bits per heavy atom. The molecular weight excluding hydrogens is 409 g/mol. The van der Waals surface area contributed by atoms with E-state index in [1.807, 2.05) is 31.2 Å². The van der Waals surface area contributed by atoms with Crippen LogP contribution in [0.5, 0.6) is 0 Å². The van der Waals surface area contributed by atoms with Crippen LogP contribution < -0.4 is 15.5 Å². The summed E-state index contributed by atoms with van der Waals surface area (Å²) in [5.41, 5.74) is 3.29. The first-order chi connectivity index (χ1) is 15.3. The van der Waals surface area contributed by atoms with Crippen molar-refractivity contribution in [2.45, 2.75) is 13.8 Å². The van der Waals surface area contributed by atoms with E-state index < -0.39 is 17.6 Å². The second-order valence-electron chi connectivity index (χ2n) is 7.42. The highest BCUT2D eigenvalue weighted by molar-refractivity contribution is 6.46. The second-order valence-corrected chi connectivity index (χ2v) is 7.42. The van der Waals surface area contributed by atoms with Gasteiger partial charge in [0.2, 0.25) is 5.91 Å². The number of aryl methyl sites for hydroxylation is 1. The second kappa shape index (κ2) is 8.47. The topological polar surface area (TPSA) is 78.5 Å². The van der Waals surface area contributed by atoms with Crippen LogP contribution in [0.15, 0.2) is 78.5 Å². The Hall–Kier alpha value is -4.26. The van der Waals surface area contributed by atoms with Crippen LogP contribution in [0.2, 0.25) is 0 Å². The van der Waals surface area contributed by atoms with E-state index in [1.54, 1.807) is 24.3 Å². The van der Waals surface area contributed by atoms with Crippen molar-refractivity contribution in [1.29, 1.82) is 0 Å². The number of hydrogen-bond acceptors (Lipinski definition) is 4. The number of rotatable bonds is 5. The van der Waals surface area contributed by atoms with Gasteiger partial charge in [-0.25, -0.2) is 9.29 Å². The van der Waals surface area contributed by atoms with Crippen LogP contribution >= 0.6 is 0 Å². The van der Waals surface area contributed by atoms with Crippen LogP contribution in [0.3, 0.4) is 0 Å². The zero-order chi connectivity index (χ0) is 22.8. The number of nitrogens with zero attached hydrogens (tertiary/aromatic N) is 1. The van der Waals surface area contributed by atoms with Crippen molar-refractivity contribution in [3.05, 3.63) is 95.4 Å². The van der Waals surface area contributed by atoms with Crippen LogP contribution in [0.1, 0.15) is 18.1 Å². The molecule has 0 radical (unpaired) electrons. The molecule has 32 heavy (non-hydrogen) atoms. The summed E-state index contributed by atoms with van der Waals surface area (Å²) < 4.78 is 13.5. The Balaban J connectivity index is 1.74. The molecule has 0 saturated heterocycles. The number of halogens is 1. The van der Waals surface area contributed by atoms with E-state index in [9.17, 15) is 18.8 Å². The first-order valence-corrected chi connectivity index (χ1v) is 9.94. The van der Waals surface area contributed by atoms with Crippen molar-refractivity contribution >= 4 is 40.4 Å². The van der Waals surface area contributed by atoms with Crippen molar-refractivity contribution in [1.82, 2.24) is 0 Å². The quantitative estimate of drug-likeness (QED) is 0.586. The first-order valence-electron chi connectivity index (χ1n) is 9.94. The molecule has 1 heterocycles. The van der Waals surface area contributed by atoms with E-state index in [1.165, 1.54) is 31.2 Å². The highest BCUT2D eigenvalue weighted by atomic mass is 19.1. The zero-order valence-electron chi connectivity index (χ0n) is 17.5. The maximum absolute atomic E-state index is 13.5. The predicted octanol–water partition coefficient (Wildman–Crippen LogP) is 4.49. The van der Waals surface area contributed by atoms with Gasteiger partial charge in [0.1, 0.15) is 11.5 Å². The molecule has 0 bridgehead atoms. The molecule has 2 N–H and O–H groups in total. The largest absolute Gasteiger partial charge is 0.350 e. The highest BCUT2D eigenvalue weighted by Gasteiger charge is 2.40. The summed E-state index contributed by atoms with van der Waals surface area (Å²) in [5, 5.41) is 5.71. The fourth-order valence-electron chi connectivity index (χ4n) is 3.44. The van der Waals surface area contributed by atoms with Crippen LogP contribution in [0.25, 0.3) is 5.57 Å². The van der Waals surface area contributed by atoms with Crippen LogP contribution in [0.4, 0.5) is 21.5 Å². The van der Waals surface area contributed by atoms with Gasteiger partial charge in [-0.2, -0.15) is 0 Å². The molecule has 0 unspecified atom stereocenters. The Morgan fingerprint density at radius 2 is 1.41 bits per heavy atom. The van der Waals surface area contributed by atoms with E-state index >= 15 is 0 Å². The van der Waals surface area contributed by atoms with Crippen molar-refractivity contribution in [3.8, 4) is 0 Å². The summed E-state index contributed by atoms with van der Waals surface area (Å²) in [5.74, 6) is -1.72. The number of carbonyl (C=O) groups is 3. The fourth-order valence-corrected chi connectivity index (χ4v) is 3.44. The normalized spacial score (nSPS) is 13.5. The minimum Gasteiger partial charge on any atom is -0.350 e. The maximum atomic E-state index is 13.5. The molecule has 1 aliphatic heterocycles. The lowest BCUT2D eigenvalue weighted by atomic mass is 10.0. The highest BCUT2D eigenvalue weighted by Crippen LogP contribution is 2.34. The molecule has 1 aliphatic rings. The monoisotopic (exact) mass is 429 g/mol. The molecule has 3 aromatic carbocycles. The molecule has 160 valence electrons. The van der Waals surface area contributed by atoms with Crippen LogP contribution in [0, 0.1) is 12.7 Å². The van der Waals surface area contributed by atoms with Gasteiger partial charge in [-0.05, 0) is 61.0 Å². The van der Waals surface area contributed by atoms with E-state index in [-0.39, 0.29) is 17.2 Å². The summed E-state index contributed by atoms with van der Waals surface area (Å²) >= 11 is 0. The van der Waals surface area contributed by atoms with E-state index in [0.717, 1.165) is 10.5 Å². The van der Waals surface area contributed by atoms with E-state index in [0.29, 0.717) is 22.6 Å². The number of imide groups is 1. The van der Waals surface area contributed by atoms with Gasteiger partial charge < -0.3 is 10.6 Å². The third-order valence-electron chi connectivity index (χ3n) is 4.98. The minimum atomic E-state index is -0.526. The molecule has 0 aromatic heterocycles. The average Bonchev–Trinajstić information content (AvgIpc) is 3.00. The Bertz CT molecular complexity index is 1230. The van der Waals surface area contributed by atoms with Crippen LogP contribution in [-0.4, -0.2) is 17.7 Å². The van der Waals surface area contributed by atoms with E-state index in [4.69, 9.17) is 0 Å². The molecular formula is C25H20FN3O3. The summed E-state index contributed by atoms with van der Waals surface area (Å²) in [4.78, 5) is 39.0. The summed E-state index contributed by atoms with van der Waals surface area (Å²) in [7, 11) is 0. The van der Waals surface area contributed by atoms with Gasteiger partial charge in [-0.1, -0.05) is 29.8 Å². The molecule has 0 atom stereocenters. The smallest absolute Gasteiger partial charge is 0.282 e. The minimum absolute atomic E-state index is 0.108. The van der Waals surface area contributed by atoms with E-state index in [2.05, 4.69) is 10.6 Å². The van der Waals surface area contributed by atoms with Crippen molar-refractivity contribution in [2.24, 2.45) is 0 Å². The average molecular weight is 429 g/mol. The Labute approximate surface area is 184 Å². The van der Waals surface area contributed by atoms with Crippen molar-refractivity contribution in [2.75, 3.05) is 15.5 Å². The zero-order valence-corrected chi connectivity index (χ0v) is 17.5. The molecule has 0 aliphatic carbocycles. The molecule has 3 aromatic rings. The summed E-state index contributed by atoms with van der Waals surface area (Å²) in [6, 6.07) is 19.2. The lowest BCUT2D eigenvalue weighted by Crippen LogP contribution is -2.32. The van der Waals surface area contributed by atoms with Gasteiger partial charge in [-0.15, -0.1) is 0 Å². The van der Waals surface area contributed by atoms with Gasteiger partial charge in [-0.3, -0.25) is 14.4 Å². The Morgan fingerprint density at radius 1 is 0.812 bits per heavy atom. The van der Waals surface area contributed by atoms with Gasteiger partial charge >= 0.3 is 0 Å². The third kappa shape index (κ3) is 4.13. The third-order valence-corrected chi connectivity index (χ3v) is 4.98. The van der Waals surface area contributed by atoms with Gasteiger partial charge in [0.15, 0.2) is 0 Å². The molecule has 6 nitrogen and oxygen atoms in total. The SMILES string of the molecule is CC(=O)Nc1ccc(N2C(=O)C(Nc3ccc(C)cc3)=C(c3ccc(F)cc3)C2=O)cc1. The lowest BCUT2D eigenvalue weighted by Gasteiger charge is -2.16. The number of anilines is 3. The van der Waals surface area contributed by atoms with Gasteiger partial charge in [0.05, 0.1) is 11.3 Å². The Kier molecular flexibility index (Phi) is 5.55. The molecule has 0 saturated carbocycles. The predicted molar refractivity (Wildman–Crippen MR) is 121 cm³/mol. The molecule has 7 heteroatoms. The number of carbonyl (C=O) groups excluding carboxylic acids is 3. The standard InChI is InChI=1S/C25H20FN3O3/c1-15-3-9-20(10-4-15)28-23-22(17-5-7-18(26)8-6-17)24(31)29(25(23)32)21-13-11-19(12-14-21)27-16(2)30/h3-14,28H,1-2H3,(H,27,30). The number of hydrogen-bond donors (Lipinski definition) is 2. The number of benzene rings is 3. The van der Waals surface area contributed by atoms with Gasteiger partial charge in [0.25, 0.3) is 11.8 Å². The summed E-state index contributed by atoms with van der Waals surface area (Å²) in [6.45, 7) is 3.34. The van der Waals surface area contributed by atoms with Crippen molar-refractivity contribution < 1.29 is 18.8 Å².